The summed E-state index contributed by atoms with van der Waals surface area (Å²) < 4.78 is 19.1. The lowest BCUT2D eigenvalue weighted by atomic mass is 10.2. The lowest BCUT2D eigenvalue weighted by Gasteiger charge is -2.11. The maximum Gasteiger partial charge on any atom is 0.140 e. The second-order valence-corrected chi connectivity index (χ2v) is 5.54. The Labute approximate surface area is 122 Å². The van der Waals surface area contributed by atoms with Crippen molar-refractivity contribution in [2.24, 2.45) is 0 Å². The van der Waals surface area contributed by atoms with E-state index in [0.29, 0.717) is 18.9 Å². The van der Waals surface area contributed by atoms with Crippen LogP contribution in [0.2, 0.25) is 0 Å². The third kappa shape index (κ3) is 4.28. The van der Waals surface area contributed by atoms with E-state index in [1.807, 2.05) is 12.3 Å². The van der Waals surface area contributed by atoms with Crippen molar-refractivity contribution < 1.29 is 9.13 Å². The Bertz CT molecular complexity index is 557. The van der Waals surface area contributed by atoms with Gasteiger partial charge in [-0.3, -0.25) is 0 Å². The zero-order valence-corrected chi connectivity index (χ0v) is 12.6. The van der Waals surface area contributed by atoms with Crippen molar-refractivity contribution in [3.05, 3.63) is 45.7 Å². The summed E-state index contributed by atoms with van der Waals surface area (Å²) in [6.07, 6.45) is 1.05. The Morgan fingerprint density at radius 2 is 2.25 bits per heavy atom. The third-order valence-electron chi connectivity index (χ3n) is 2.78. The van der Waals surface area contributed by atoms with Gasteiger partial charge in [0, 0.05) is 23.2 Å². The first-order valence-corrected chi connectivity index (χ1v) is 7.60. The fourth-order valence-corrected chi connectivity index (χ4v) is 2.52. The van der Waals surface area contributed by atoms with E-state index < -0.39 is 0 Å². The number of aromatic nitrogens is 1. The Kier molecular flexibility index (Phi) is 5.49. The molecular formula is C15H19FN2OS. The molecule has 1 heterocycles. The third-order valence-corrected chi connectivity index (χ3v) is 3.72. The molecule has 0 aliphatic rings. The Hall–Kier alpha value is -1.46. The number of halogens is 1. The van der Waals surface area contributed by atoms with Crippen LogP contribution in [0.3, 0.4) is 0 Å². The lowest BCUT2D eigenvalue weighted by Crippen LogP contribution is -2.15. The first-order chi connectivity index (χ1) is 9.69. The van der Waals surface area contributed by atoms with E-state index in [2.05, 4.69) is 17.2 Å². The van der Waals surface area contributed by atoms with E-state index in [-0.39, 0.29) is 5.82 Å². The molecule has 3 nitrogen and oxygen atoms in total. The molecule has 0 aliphatic heterocycles. The normalized spacial score (nSPS) is 10.8. The van der Waals surface area contributed by atoms with Gasteiger partial charge in [-0.2, -0.15) is 0 Å². The van der Waals surface area contributed by atoms with Crippen LogP contribution < -0.4 is 10.1 Å². The van der Waals surface area contributed by atoms with Crippen LogP contribution in [0.1, 0.15) is 29.6 Å². The van der Waals surface area contributed by atoms with Gasteiger partial charge in [0.25, 0.3) is 0 Å². The summed E-state index contributed by atoms with van der Waals surface area (Å²) in [5, 5.41) is 6.18. The maximum atomic E-state index is 13.3. The molecule has 1 N–H and O–H groups in total. The summed E-state index contributed by atoms with van der Waals surface area (Å²) in [6.45, 7) is 5.99. The SMILES string of the molecule is CCCNCc1cc(F)ccc1OCc1nc(C)cs1. The summed E-state index contributed by atoms with van der Waals surface area (Å²) in [6, 6.07) is 4.62. The quantitative estimate of drug-likeness (QED) is 0.791. The van der Waals surface area contributed by atoms with Crippen molar-refractivity contribution in [3.8, 4) is 5.75 Å². The molecule has 1 aromatic carbocycles. The zero-order chi connectivity index (χ0) is 14.4. The maximum absolute atomic E-state index is 13.3. The molecule has 0 saturated carbocycles. The van der Waals surface area contributed by atoms with Crippen LogP contribution >= 0.6 is 11.3 Å². The molecule has 0 atom stereocenters. The Balaban J connectivity index is 2.01. The first kappa shape index (κ1) is 14.9. The molecule has 0 fully saturated rings. The second-order valence-electron chi connectivity index (χ2n) is 4.60. The number of nitrogens with one attached hydrogen (secondary N) is 1. The Morgan fingerprint density at radius 1 is 1.40 bits per heavy atom. The number of aryl methyl sites for hydroxylation is 1. The standard InChI is InChI=1S/C15H19FN2OS/c1-3-6-17-8-12-7-13(16)4-5-14(12)19-9-15-18-11(2)10-20-15/h4-5,7,10,17H,3,6,8-9H2,1-2H3. The van der Waals surface area contributed by atoms with Gasteiger partial charge in [0.15, 0.2) is 0 Å². The van der Waals surface area contributed by atoms with Crippen LogP contribution in [0, 0.1) is 12.7 Å². The van der Waals surface area contributed by atoms with Crippen molar-refractivity contribution in [2.75, 3.05) is 6.54 Å². The second kappa shape index (κ2) is 7.36. The van der Waals surface area contributed by atoms with Gasteiger partial charge in [-0.1, -0.05) is 6.92 Å². The highest BCUT2D eigenvalue weighted by atomic mass is 32.1. The summed E-state index contributed by atoms with van der Waals surface area (Å²) in [5.41, 5.74) is 1.84. The number of ether oxygens (including phenoxy) is 1. The van der Waals surface area contributed by atoms with E-state index >= 15 is 0 Å². The molecule has 20 heavy (non-hydrogen) atoms. The summed E-state index contributed by atoms with van der Waals surface area (Å²) in [7, 11) is 0. The first-order valence-electron chi connectivity index (χ1n) is 6.72. The van der Waals surface area contributed by atoms with Crippen molar-refractivity contribution in [1.29, 1.82) is 0 Å². The molecule has 1 aromatic heterocycles. The molecule has 0 saturated heterocycles. The fraction of sp³-hybridized carbons (Fsp3) is 0.400. The lowest BCUT2D eigenvalue weighted by molar-refractivity contribution is 0.300. The van der Waals surface area contributed by atoms with E-state index in [0.717, 1.165) is 29.2 Å². The van der Waals surface area contributed by atoms with E-state index in [1.165, 1.54) is 12.1 Å². The molecule has 0 amide bonds. The summed E-state index contributed by atoms with van der Waals surface area (Å²) in [4.78, 5) is 4.35. The van der Waals surface area contributed by atoms with Crippen molar-refractivity contribution in [1.82, 2.24) is 10.3 Å². The van der Waals surface area contributed by atoms with Gasteiger partial charge in [0.05, 0.1) is 0 Å². The molecule has 0 aliphatic carbocycles. The van der Waals surface area contributed by atoms with E-state index in [1.54, 1.807) is 17.4 Å². The minimum absolute atomic E-state index is 0.240. The van der Waals surface area contributed by atoms with Gasteiger partial charge in [0.2, 0.25) is 0 Å². The molecule has 0 bridgehead atoms. The summed E-state index contributed by atoms with van der Waals surface area (Å²) >= 11 is 1.57. The number of thiazole rings is 1. The average Bonchev–Trinajstić information content (AvgIpc) is 2.84. The van der Waals surface area contributed by atoms with Gasteiger partial charge in [-0.05, 0) is 38.1 Å². The van der Waals surface area contributed by atoms with E-state index in [9.17, 15) is 4.39 Å². The van der Waals surface area contributed by atoms with Crippen LogP contribution in [-0.4, -0.2) is 11.5 Å². The van der Waals surface area contributed by atoms with Crippen molar-refractivity contribution in [2.45, 2.75) is 33.4 Å². The van der Waals surface area contributed by atoms with Gasteiger partial charge in [-0.15, -0.1) is 11.3 Å². The van der Waals surface area contributed by atoms with Gasteiger partial charge < -0.3 is 10.1 Å². The van der Waals surface area contributed by atoms with Crippen molar-refractivity contribution in [3.63, 3.8) is 0 Å². The number of hydrogen-bond donors (Lipinski definition) is 1. The van der Waals surface area contributed by atoms with Crippen LogP contribution in [0.25, 0.3) is 0 Å². The minimum atomic E-state index is -0.240. The number of nitrogens with zero attached hydrogens (tertiary/aromatic N) is 1. The molecule has 108 valence electrons. The average molecular weight is 294 g/mol. The predicted octanol–water partition coefficient (Wildman–Crippen LogP) is 3.67. The summed E-state index contributed by atoms with van der Waals surface area (Å²) in [5.74, 6) is 0.471. The van der Waals surface area contributed by atoms with Gasteiger partial charge in [0.1, 0.15) is 23.2 Å². The van der Waals surface area contributed by atoms with E-state index in [4.69, 9.17) is 4.74 Å². The highest BCUT2D eigenvalue weighted by Crippen LogP contribution is 2.21. The monoisotopic (exact) mass is 294 g/mol. The smallest absolute Gasteiger partial charge is 0.140 e. The Morgan fingerprint density at radius 3 is 2.95 bits per heavy atom. The molecule has 2 rings (SSSR count). The highest BCUT2D eigenvalue weighted by molar-refractivity contribution is 7.09. The molecule has 0 radical (unpaired) electrons. The van der Waals surface area contributed by atoms with Gasteiger partial charge >= 0.3 is 0 Å². The van der Waals surface area contributed by atoms with Gasteiger partial charge in [-0.25, -0.2) is 9.37 Å². The molecule has 2 aromatic rings. The molecular weight excluding hydrogens is 275 g/mol. The fourth-order valence-electron chi connectivity index (χ4n) is 1.84. The number of rotatable bonds is 7. The van der Waals surface area contributed by atoms with Crippen LogP contribution in [-0.2, 0) is 13.2 Å². The highest BCUT2D eigenvalue weighted by Gasteiger charge is 2.07. The number of hydrogen-bond acceptors (Lipinski definition) is 4. The van der Waals surface area contributed by atoms with Crippen molar-refractivity contribution >= 4 is 11.3 Å². The zero-order valence-electron chi connectivity index (χ0n) is 11.8. The minimum Gasteiger partial charge on any atom is -0.486 e. The molecule has 0 unspecified atom stereocenters. The number of benzene rings is 1. The molecule has 0 spiro atoms. The van der Waals surface area contributed by atoms with Crippen LogP contribution in [0.5, 0.6) is 5.75 Å². The van der Waals surface area contributed by atoms with Crippen LogP contribution in [0.4, 0.5) is 4.39 Å². The topological polar surface area (TPSA) is 34.1 Å². The van der Waals surface area contributed by atoms with Crippen LogP contribution in [0.15, 0.2) is 23.6 Å². The molecule has 5 heteroatoms. The largest absolute Gasteiger partial charge is 0.486 e. The predicted molar refractivity (Wildman–Crippen MR) is 79.6 cm³/mol.